The van der Waals surface area contributed by atoms with E-state index >= 15 is 0 Å². The molecule has 6 heteroatoms. The Bertz CT molecular complexity index is 769. The molecule has 0 unspecified atom stereocenters. The van der Waals surface area contributed by atoms with Crippen molar-refractivity contribution in [2.75, 3.05) is 11.8 Å². The van der Waals surface area contributed by atoms with Crippen LogP contribution >= 0.6 is 0 Å². The molecule has 21 heavy (non-hydrogen) atoms. The molecule has 0 saturated heterocycles. The third-order valence-electron chi connectivity index (χ3n) is 3.17. The SMILES string of the molecule is COc1cc(C)c(C)cc1S(=O)(=O)Nc1cccc(O)c1. The number of hydrogen-bond donors (Lipinski definition) is 2. The first-order valence-electron chi connectivity index (χ1n) is 6.30. The quantitative estimate of drug-likeness (QED) is 0.910. The number of phenolic OH excluding ortho intramolecular Hbond substituents is 1. The van der Waals surface area contributed by atoms with E-state index in [1.165, 1.54) is 19.2 Å². The zero-order valence-corrected chi connectivity index (χ0v) is 12.9. The summed E-state index contributed by atoms with van der Waals surface area (Å²) in [4.78, 5) is 0.0662. The third kappa shape index (κ3) is 3.28. The molecule has 0 heterocycles. The van der Waals surface area contributed by atoms with Gasteiger partial charge in [-0.3, -0.25) is 4.72 Å². The summed E-state index contributed by atoms with van der Waals surface area (Å²) in [6.07, 6.45) is 0. The number of rotatable bonds is 4. The molecule has 0 saturated carbocycles. The number of aromatic hydroxyl groups is 1. The third-order valence-corrected chi connectivity index (χ3v) is 4.57. The van der Waals surface area contributed by atoms with Gasteiger partial charge in [0.25, 0.3) is 10.0 Å². The molecule has 0 radical (unpaired) electrons. The van der Waals surface area contributed by atoms with Gasteiger partial charge in [-0.05, 0) is 49.2 Å². The van der Waals surface area contributed by atoms with Crippen LogP contribution in [0.1, 0.15) is 11.1 Å². The average molecular weight is 307 g/mol. The molecular formula is C15H17NO4S. The van der Waals surface area contributed by atoms with E-state index in [1.807, 2.05) is 13.8 Å². The first kappa shape index (κ1) is 15.2. The summed E-state index contributed by atoms with van der Waals surface area (Å²) < 4.78 is 32.6. The normalized spacial score (nSPS) is 11.2. The highest BCUT2D eigenvalue weighted by atomic mass is 32.2. The topological polar surface area (TPSA) is 75.6 Å². The van der Waals surface area contributed by atoms with Crippen molar-refractivity contribution in [1.29, 1.82) is 0 Å². The number of anilines is 1. The van der Waals surface area contributed by atoms with Gasteiger partial charge in [0.2, 0.25) is 0 Å². The molecule has 0 amide bonds. The maximum atomic E-state index is 12.5. The molecule has 2 aromatic carbocycles. The molecule has 2 aromatic rings. The Kier molecular flexibility index (Phi) is 4.09. The van der Waals surface area contributed by atoms with E-state index < -0.39 is 10.0 Å². The van der Waals surface area contributed by atoms with E-state index in [1.54, 1.807) is 24.3 Å². The van der Waals surface area contributed by atoms with Crippen LogP contribution in [0.3, 0.4) is 0 Å². The van der Waals surface area contributed by atoms with E-state index in [0.29, 0.717) is 0 Å². The van der Waals surface area contributed by atoms with E-state index in [0.717, 1.165) is 11.1 Å². The Hall–Kier alpha value is -2.21. The van der Waals surface area contributed by atoms with Crippen LogP contribution in [0.4, 0.5) is 5.69 Å². The first-order valence-corrected chi connectivity index (χ1v) is 7.79. The Morgan fingerprint density at radius 2 is 1.76 bits per heavy atom. The van der Waals surface area contributed by atoms with E-state index in [-0.39, 0.29) is 22.1 Å². The van der Waals surface area contributed by atoms with Gasteiger partial charge in [0, 0.05) is 6.07 Å². The van der Waals surface area contributed by atoms with Crippen molar-refractivity contribution in [3.8, 4) is 11.5 Å². The summed E-state index contributed by atoms with van der Waals surface area (Å²) in [6, 6.07) is 9.18. The van der Waals surface area contributed by atoms with E-state index in [9.17, 15) is 13.5 Å². The number of nitrogens with one attached hydrogen (secondary N) is 1. The molecule has 0 bridgehead atoms. The predicted octanol–water partition coefficient (Wildman–Crippen LogP) is 2.82. The van der Waals surface area contributed by atoms with Crippen LogP contribution in [-0.4, -0.2) is 20.6 Å². The number of phenols is 1. The van der Waals surface area contributed by atoms with Crippen molar-refractivity contribution < 1.29 is 18.3 Å². The number of methoxy groups -OCH3 is 1. The van der Waals surface area contributed by atoms with Gasteiger partial charge >= 0.3 is 0 Å². The Morgan fingerprint density at radius 1 is 1.10 bits per heavy atom. The van der Waals surface area contributed by atoms with Crippen LogP contribution in [0.2, 0.25) is 0 Å². The highest BCUT2D eigenvalue weighted by molar-refractivity contribution is 7.92. The van der Waals surface area contributed by atoms with Gasteiger partial charge < -0.3 is 9.84 Å². The number of benzene rings is 2. The Morgan fingerprint density at radius 3 is 2.38 bits per heavy atom. The molecule has 2 rings (SSSR count). The van der Waals surface area contributed by atoms with Crippen molar-refractivity contribution in [3.05, 3.63) is 47.5 Å². The second kappa shape index (κ2) is 5.65. The molecule has 2 N–H and O–H groups in total. The van der Waals surface area contributed by atoms with Gasteiger partial charge in [-0.1, -0.05) is 6.07 Å². The van der Waals surface area contributed by atoms with Gasteiger partial charge in [0.15, 0.2) is 0 Å². The van der Waals surface area contributed by atoms with Gasteiger partial charge in [-0.15, -0.1) is 0 Å². The fraction of sp³-hybridized carbons (Fsp3) is 0.200. The first-order chi connectivity index (χ1) is 9.83. The van der Waals surface area contributed by atoms with E-state index in [2.05, 4.69) is 4.72 Å². The highest BCUT2D eigenvalue weighted by Crippen LogP contribution is 2.29. The van der Waals surface area contributed by atoms with Crippen LogP contribution in [0.25, 0.3) is 0 Å². The summed E-state index contributed by atoms with van der Waals surface area (Å²) in [5.74, 6) is 0.271. The minimum absolute atomic E-state index is 0.0118. The summed E-state index contributed by atoms with van der Waals surface area (Å²) in [5, 5.41) is 9.40. The molecule has 5 nitrogen and oxygen atoms in total. The molecule has 0 aliphatic carbocycles. The van der Waals surface area contributed by atoms with Crippen molar-refractivity contribution in [2.24, 2.45) is 0 Å². The van der Waals surface area contributed by atoms with Crippen LogP contribution in [-0.2, 0) is 10.0 Å². The Balaban J connectivity index is 2.47. The number of ether oxygens (including phenoxy) is 1. The minimum atomic E-state index is -3.80. The van der Waals surface area contributed by atoms with Crippen molar-refractivity contribution in [1.82, 2.24) is 0 Å². The Labute approximate surface area is 124 Å². The molecule has 0 spiro atoms. The second-order valence-corrected chi connectivity index (χ2v) is 6.39. The minimum Gasteiger partial charge on any atom is -0.508 e. The number of aryl methyl sites for hydroxylation is 2. The predicted molar refractivity (Wildman–Crippen MR) is 81.4 cm³/mol. The number of hydrogen-bond acceptors (Lipinski definition) is 4. The lowest BCUT2D eigenvalue weighted by Gasteiger charge is -2.14. The summed E-state index contributed by atoms with van der Waals surface area (Å²) in [7, 11) is -2.37. The van der Waals surface area contributed by atoms with E-state index in [4.69, 9.17) is 4.74 Å². The van der Waals surface area contributed by atoms with Crippen LogP contribution in [0, 0.1) is 13.8 Å². The lowest BCUT2D eigenvalue weighted by molar-refractivity contribution is 0.402. The molecular weight excluding hydrogens is 290 g/mol. The summed E-state index contributed by atoms with van der Waals surface area (Å²) in [6.45, 7) is 3.72. The fourth-order valence-corrected chi connectivity index (χ4v) is 3.20. The second-order valence-electron chi connectivity index (χ2n) is 4.74. The maximum absolute atomic E-state index is 12.5. The number of sulfonamides is 1. The lowest BCUT2D eigenvalue weighted by atomic mass is 10.1. The summed E-state index contributed by atoms with van der Waals surface area (Å²) in [5.41, 5.74) is 2.09. The monoisotopic (exact) mass is 307 g/mol. The van der Waals surface area contributed by atoms with Gasteiger partial charge in [0.1, 0.15) is 16.4 Å². The maximum Gasteiger partial charge on any atom is 0.265 e. The summed E-state index contributed by atoms with van der Waals surface area (Å²) >= 11 is 0. The molecule has 112 valence electrons. The molecule has 0 aliphatic heterocycles. The van der Waals surface area contributed by atoms with Crippen LogP contribution < -0.4 is 9.46 Å². The van der Waals surface area contributed by atoms with Crippen molar-refractivity contribution >= 4 is 15.7 Å². The van der Waals surface area contributed by atoms with Gasteiger partial charge in [0.05, 0.1) is 12.8 Å². The fourth-order valence-electron chi connectivity index (χ4n) is 1.91. The molecule has 0 atom stereocenters. The smallest absolute Gasteiger partial charge is 0.265 e. The zero-order chi connectivity index (χ0) is 15.6. The van der Waals surface area contributed by atoms with Gasteiger partial charge in [-0.2, -0.15) is 0 Å². The highest BCUT2D eigenvalue weighted by Gasteiger charge is 2.20. The zero-order valence-electron chi connectivity index (χ0n) is 12.0. The molecule has 0 fully saturated rings. The lowest BCUT2D eigenvalue weighted by Crippen LogP contribution is -2.14. The van der Waals surface area contributed by atoms with Crippen LogP contribution in [0.5, 0.6) is 11.5 Å². The molecule has 0 aliphatic rings. The van der Waals surface area contributed by atoms with Crippen LogP contribution in [0.15, 0.2) is 41.3 Å². The molecule has 0 aromatic heterocycles. The standard InChI is InChI=1S/C15H17NO4S/c1-10-7-14(20-3)15(8-11(10)2)21(18,19)16-12-5-4-6-13(17)9-12/h4-9,16-17H,1-3H3. The van der Waals surface area contributed by atoms with Crippen molar-refractivity contribution in [3.63, 3.8) is 0 Å². The average Bonchev–Trinajstić information content (AvgIpc) is 2.40. The van der Waals surface area contributed by atoms with Gasteiger partial charge in [-0.25, -0.2) is 8.42 Å². The largest absolute Gasteiger partial charge is 0.508 e. The van der Waals surface area contributed by atoms with Crippen molar-refractivity contribution in [2.45, 2.75) is 18.7 Å².